The summed E-state index contributed by atoms with van der Waals surface area (Å²) in [5.74, 6) is -1.88. The molecule has 6 heteroatoms. The first-order chi connectivity index (χ1) is 13.0. The van der Waals surface area contributed by atoms with Crippen LogP contribution < -0.4 is 0 Å². The molecule has 0 unspecified atom stereocenters. The van der Waals surface area contributed by atoms with Crippen molar-refractivity contribution in [3.8, 4) is 0 Å². The fourth-order valence-corrected chi connectivity index (χ4v) is 3.82. The van der Waals surface area contributed by atoms with Gasteiger partial charge in [-0.15, -0.1) is 0 Å². The van der Waals surface area contributed by atoms with Crippen LogP contribution in [0.4, 0.5) is 0 Å². The molecule has 1 saturated heterocycles. The van der Waals surface area contributed by atoms with Crippen molar-refractivity contribution >= 4 is 22.9 Å². The van der Waals surface area contributed by atoms with Gasteiger partial charge in [-0.2, -0.15) is 0 Å². The summed E-state index contributed by atoms with van der Waals surface area (Å²) in [6.07, 6.45) is 3.19. The third kappa shape index (κ3) is 3.14. The van der Waals surface area contributed by atoms with Crippen molar-refractivity contribution in [3.05, 3.63) is 71.5 Å². The number of hydrogen-bond donors (Lipinski definition) is 1. The number of carbonyl (C=O) groups excluding carboxylic acids is 1. The number of fused-ring (bicyclic) bond motifs is 1. The van der Waals surface area contributed by atoms with E-state index < -0.39 is 11.9 Å². The maximum Gasteiger partial charge on any atom is 0.308 e. The van der Waals surface area contributed by atoms with Gasteiger partial charge in [0.05, 0.1) is 17.0 Å². The highest BCUT2D eigenvalue weighted by Gasteiger charge is 2.41. The zero-order valence-electron chi connectivity index (χ0n) is 14.9. The average Bonchev–Trinajstić information content (AvgIpc) is 3.13. The number of nitrogens with zero attached hydrogens (tertiary/aromatic N) is 3. The van der Waals surface area contributed by atoms with E-state index in [1.165, 1.54) is 0 Å². The Morgan fingerprint density at radius 2 is 1.78 bits per heavy atom. The SMILES string of the molecule is Cc1ccccc1[C@@H]1CN(C(=O)c2ccc3nccnc3c2)C[C@H]1C(=O)O. The lowest BCUT2D eigenvalue weighted by Gasteiger charge is -2.18. The van der Waals surface area contributed by atoms with Crippen LogP contribution in [0.3, 0.4) is 0 Å². The monoisotopic (exact) mass is 361 g/mol. The average molecular weight is 361 g/mol. The molecule has 6 nitrogen and oxygen atoms in total. The molecule has 1 N–H and O–H groups in total. The molecule has 2 atom stereocenters. The van der Waals surface area contributed by atoms with E-state index in [4.69, 9.17) is 0 Å². The first-order valence-corrected chi connectivity index (χ1v) is 8.83. The largest absolute Gasteiger partial charge is 0.481 e. The van der Waals surface area contributed by atoms with Crippen molar-refractivity contribution < 1.29 is 14.7 Å². The second-order valence-electron chi connectivity index (χ2n) is 6.88. The Morgan fingerprint density at radius 1 is 1.04 bits per heavy atom. The zero-order valence-corrected chi connectivity index (χ0v) is 14.9. The van der Waals surface area contributed by atoms with Gasteiger partial charge in [-0.3, -0.25) is 19.6 Å². The molecular formula is C21H19N3O3. The van der Waals surface area contributed by atoms with Crippen molar-refractivity contribution in [2.75, 3.05) is 13.1 Å². The molecule has 4 rings (SSSR count). The minimum Gasteiger partial charge on any atom is -0.481 e. The molecule has 0 bridgehead atoms. The van der Waals surface area contributed by atoms with Crippen LogP contribution in [0.2, 0.25) is 0 Å². The summed E-state index contributed by atoms with van der Waals surface area (Å²) < 4.78 is 0. The summed E-state index contributed by atoms with van der Waals surface area (Å²) in [5.41, 5.74) is 3.90. The minimum atomic E-state index is -0.872. The Morgan fingerprint density at radius 3 is 2.52 bits per heavy atom. The maximum atomic E-state index is 13.0. The Labute approximate surface area is 156 Å². The lowest BCUT2D eigenvalue weighted by molar-refractivity contribution is -0.141. The van der Waals surface area contributed by atoms with Crippen molar-refractivity contribution in [1.29, 1.82) is 0 Å². The Kier molecular flexibility index (Phi) is 4.32. The van der Waals surface area contributed by atoms with Crippen LogP contribution in [0.15, 0.2) is 54.9 Å². The number of likely N-dealkylation sites (tertiary alicyclic amines) is 1. The van der Waals surface area contributed by atoms with Gasteiger partial charge in [0.25, 0.3) is 5.91 Å². The number of amides is 1. The van der Waals surface area contributed by atoms with Crippen LogP contribution in [0.1, 0.15) is 27.4 Å². The summed E-state index contributed by atoms with van der Waals surface area (Å²) in [6, 6.07) is 13.0. The van der Waals surface area contributed by atoms with Crippen molar-refractivity contribution in [2.45, 2.75) is 12.8 Å². The molecule has 1 amide bonds. The lowest BCUT2D eigenvalue weighted by atomic mass is 9.86. The number of aromatic nitrogens is 2. The van der Waals surface area contributed by atoms with E-state index in [9.17, 15) is 14.7 Å². The quantitative estimate of drug-likeness (QED) is 0.775. The summed E-state index contributed by atoms with van der Waals surface area (Å²) in [7, 11) is 0. The van der Waals surface area contributed by atoms with Crippen LogP contribution in [-0.4, -0.2) is 44.9 Å². The molecule has 27 heavy (non-hydrogen) atoms. The van der Waals surface area contributed by atoms with Gasteiger partial charge in [0, 0.05) is 37.0 Å². The van der Waals surface area contributed by atoms with Gasteiger partial charge in [-0.25, -0.2) is 0 Å². The molecule has 3 aromatic rings. The number of benzene rings is 2. The third-order valence-corrected chi connectivity index (χ3v) is 5.23. The van der Waals surface area contributed by atoms with E-state index in [0.29, 0.717) is 17.6 Å². The molecule has 0 aliphatic carbocycles. The minimum absolute atomic E-state index is 0.176. The summed E-state index contributed by atoms with van der Waals surface area (Å²) in [5, 5.41) is 9.69. The molecule has 1 aliphatic heterocycles. The van der Waals surface area contributed by atoms with Crippen LogP contribution in [0.5, 0.6) is 0 Å². The van der Waals surface area contributed by atoms with Crippen molar-refractivity contribution in [1.82, 2.24) is 14.9 Å². The fraction of sp³-hybridized carbons (Fsp3) is 0.238. The summed E-state index contributed by atoms with van der Waals surface area (Å²) in [6.45, 7) is 2.56. The Hall–Kier alpha value is -3.28. The molecule has 2 aromatic carbocycles. The predicted molar refractivity (Wildman–Crippen MR) is 100 cm³/mol. The molecular weight excluding hydrogens is 342 g/mol. The molecule has 0 radical (unpaired) electrons. The van der Waals surface area contributed by atoms with Crippen LogP contribution in [0, 0.1) is 12.8 Å². The number of carbonyl (C=O) groups is 2. The second kappa shape index (κ2) is 6.79. The number of carboxylic acids is 1. The third-order valence-electron chi connectivity index (χ3n) is 5.23. The Bertz CT molecular complexity index is 1030. The van der Waals surface area contributed by atoms with Gasteiger partial charge in [-0.1, -0.05) is 24.3 Å². The molecule has 0 saturated carbocycles. The van der Waals surface area contributed by atoms with Gasteiger partial charge in [0.1, 0.15) is 0 Å². The first kappa shape index (κ1) is 17.1. The molecule has 1 aromatic heterocycles. The number of aryl methyl sites for hydroxylation is 1. The van der Waals surface area contributed by atoms with E-state index >= 15 is 0 Å². The maximum absolute atomic E-state index is 13.0. The molecule has 1 aliphatic rings. The number of hydrogen-bond acceptors (Lipinski definition) is 4. The van der Waals surface area contributed by atoms with E-state index in [1.807, 2.05) is 31.2 Å². The topological polar surface area (TPSA) is 83.4 Å². The highest BCUT2D eigenvalue weighted by Crippen LogP contribution is 2.35. The van der Waals surface area contributed by atoms with Crippen LogP contribution >= 0.6 is 0 Å². The number of carboxylic acid groups (broad SMARTS) is 1. The fourth-order valence-electron chi connectivity index (χ4n) is 3.82. The van der Waals surface area contributed by atoms with Gasteiger partial charge in [-0.05, 0) is 36.2 Å². The normalized spacial score (nSPS) is 19.4. The van der Waals surface area contributed by atoms with Crippen LogP contribution in [0.25, 0.3) is 11.0 Å². The number of aliphatic carboxylic acids is 1. The second-order valence-corrected chi connectivity index (χ2v) is 6.88. The highest BCUT2D eigenvalue weighted by molar-refractivity contribution is 5.97. The molecule has 0 spiro atoms. The smallest absolute Gasteiger partial charge is 0.308 e. The molecule has 136 valence electrons. The summed E-state index contributed by atoms with van der Waals surface area (Å²) >= 11 is 0. The zero-order chi connectivity index (χ0) is 19.0. The van der Waals surface area contributed by atoms with Crippen molar-refractivity contribution in [3.63, 3.8) is 0 Å². The van der Waals surface area contributed by atoms with E-state index in [-0.39, 0.29) is 18.4 Å². The highest BCUT2D eigenvalue weighted by atomic mass is 16.4. The number of rotatable bonds is 3. The lowest BCUT2D eigenvalue weighted by Crippen LogP contribution is -2.29. The van der Waals surface area contributed by atoms with Gasteiger partial charge in [0.15, 0.2) is 0 Å². The van der Waals surface area contributed by atoms with E-state index in [0.717, 1.165) is 16.6 Å². The van der Waals surface area contributed by atoms with Gasteiger partial charge < -0.3 is 10.0 Å². The van der Waals surface area contributed by atoms with E-state index in [2.05, 4.69) is 9.97 Å². The molecule has 2 heterocycles. The van der Waals surface area contributed by atoms with Crippen LogP contribution in [-0.2, 0) is 4.79 Å². The summed E-state index contributed by atoms with van der Waals surface area (Å²) in [4.78, 5) is 34.9. The van der Waals surface area contributed by atoms with Crippen molar-refractivity contribution in [2.24, 2.45) is 5.92 Å². The van der Waals surface area contributed by atoms with E-state index in [1.54, 1.807) is 35.5 Å². The standard InChI is InChI=1S/C21H19N3O3/c1-13-4-2-3-5-15(13)16-11-24(12-17(16)21(26)27)20(25)14-6-7-18-19(10-14)23-9-8-22-18/h2-10,16-17H,11-12H2,1H3,(H,26,27)/t16-,17+/m0/s1. The van der Waals surface area contributed by atoms with Gasteiger partial charge in [0.2, 0.25) is 0 Å². The predicted octanol–water partition coefficient (Wildman–Crippen LogP) is 2.88. The first-order valence-electron chi connectivity index (χ1n) is 8.83. The van der Waals surface area contributed by atoms with Gasteiger partial charge >= 0.3 is 5.97 Å². The molecule has 1 fully saturated rings. The Balaban J connectivity index is 1.64.